The monoisotopic (exact) mass is 203 g/mol. The first kappa shape index (κ1) is 9.05. The first-order valence-corrected chi connectivity index (χ1v) is 5.46. The van der Waals surface area contributed by atoms with Crippen LogP contribution >= 0.6 is 0 Å². The fourth-order valence-corrected chi connectivity index (χ4v) is 2.91. The van der Waals surface area contributed by atoms with Gasteiger partial charge in [-0.3, -0.25) is 4.18 Å². The van der Waals surface area contributed by atoms with E-state index >= 15 is 0 Å². The van der Waals surface area contributed by atoms with E-state index in [2.05, 4.69) is 0 Å². The molecule has 1 saturated heterocycles. The highest BCUT2D eigenvalue weighted by molar-refractivity contribution is 7.90. The van der Waals surface area contributed by atoms with Gasteiger partial charge in [0.05, 0.1) is 17.7 Å². The summed E-state index contributed by atoms with van der Waals surface area (Å²) >= 11 is 0. The fourth-order valence-electron chi connectivity index (χ4n) is 1.68. The van der Waals surface area contributed by atoms with Crippen molar-refractivity contribution in [3.05, 3.63) is 11.1 Å². The molecule has 2 atom stereocenters. The summed E-state index contributed by atoms with van der Waals surface area (Å²) in [5, 5.41) is 0.967. The Hall–Kier alpha value is -0.525. The van der Waals surface area contributed by atoms with E-state index in [0.717, 1.165) is 5.41 Å². The van der Waals surface area contributed by atoms with Gasteiger partial charge in [0.15, 0.2) is 5.60 Å². The van der Waals surface area contributed by atoms with Gasteiger partial charge in [0, 0.05) is 12.4 Å². The fraction of sp³-hybridized carbons (Fsp3) is 0.667. The molecule has 0 saturated carbocycles. The molecule has 13 heavy (non-hydrogen) atoms. The molecule has 1 fully saturated rings. The summed E-state index contributed by atoms with van der Waals surface area (Å²) in [4.78, 5) is 0. The van der Waals surface area contributed by atoms with Crippen LogP contribution in [0.5, 0.6) is 0 Å². The molecule has 0 aromatic heterocycles. The number of hydrogen-bond acceptors (Lipinski definition) is 5. The van der Waals surface area contributed by atoms with Crippen molar-refractivity contribution in [1.29, 1.82) is 0 Å². The van der Waals surface area contributed by atoms with Crippen LogP contribution in [0.15, 0.2) is 11.1 Å². The SMILES string of the molecule is B[C@H]1CC2(CO1)OS(=O)(=O)C=C2N. The third-order valence-electron chi connectivity index (χ3n) is 2.29. The first-order valence-electron chi connectivity index (χ1n) is 3.98. The first-order chi connectivity index (χ1) is 5.94. The molecule has 0 radical (unpaired) electrons. The third kappa shape index (κ3) is 1.36. The van der Waals surface area contributed by atoms with Crippen molar-refractivity contribution in [2.75, 3.05) is 6.61 Å². The third-order valence-corrected chi connectivity index (χ3v) is 3.39. The Morgan fingerprint density at radius 2 is 2.38 bits per heavy atom. The maximum Gasteiger partial charge on any atom is 0.292 e. The van der Waals surface area contributed by atoms with Gasteiger partial charge in [-0.05, 0) is 0 Å². The predicted octanol–water partition coefficient (Wildman–Crippen LogP) is -1.74. The van der Waals surface area contributed by atoms with Gasteiger partial charge in [-0.1, -0.05) is 0 Å². The minimum Gasteiger partial charge on any atom is -0.399 e. The number of hydrogen-bond donors (Lipinski definition) is 1. The van der Waals surface area contributed by atoms with Crippen LogP contribution in [0.2, 0.25) is 0 Å². The molecule has 5 nitrogen and oxygen atoms in total. The van der Waals surface area contributed by atoms with Gasteiger partial charge in [-0.25, -0.2) is 0 Å². The molecule has 72 valence electrons. The summed E-state index contributed by atoms with van der Waals surface area (Å²) < 4.78 is 32.3. The van der Waals surface area contributed by atoms with Gasteiger partial charge in [0.25, 0.3) is 10.1 Å². The Morgan fingerprint density at radius 3 is 2.77 bits per heavy atom. The predicted molar refractivity (Wildman–Crippen MR) is 47.9 cm³/mol. The largest absolute Gasteiger partial charge is 0.399 e. The molecule has 2 aliphatic rings. The summed E-state index contributed by atoms with van der Waals surface area (Å²) in [5.74, 6) is 0. The van der Waals surface area contributed by atoms with Gasteiger partial charge in [0.1, 0.15) is 7.85 Å². The standard InChI is InChI=1S/C6H10BNO4S/c7-5-1-6(3-11-5)4(8)2-13(9,10)12-6/h2,5H,1,3,7-8H2/t5-,6?/m1/s1. The van der Waals surface area contributed by atoms with Gasteiger partial charge in [-0.2, -0.15) is 8.42 Å². The quantitative estimate of drug-likeness (QED) is 0.373. The molecular weight excluding hydrogens is 193 g/mol. The molecule has 0 aromatic carbocycles. The molecule has 2 heterocycles. The van der Waals surface area contributed by atoms with Crippen molar-refractivity contribution in [2.24, 2.45) is 5.73 Å². The molecule has 1 unspecified atom stereocenters. The Morgan fingerprint density at radius 1 is 1.69 bits per heavy atom. The van der Waals surface area contributed by atoms with Gasteiger partial charge in [0.2, 0.25) is 0 Å². The van der Waals surface area contributed by atoms with Crippen molar-refractivity contribution in [2.45, 2.75) is 18.0 Å². The zero-order chi connectivity index (χ0) is 9.69. The van der Waals surface area contributed by atoms with Crippen LogP contribution in [0.25, 0.3) is 0 Å². The Kier molecular flexibility index (Phi) is 1.73. The molecule has 0 amide bonds. The molecule has 0 aliphatic carbocycles. The number of rotatable bonds is 0. The van der Waals surface area contributed by atoms with Crippen molar-refractivity contribution >= 4 is 18.0 Å². The van der Waals surface area contributed by atoms with E-state index in [0.29, 0.717) is 6.42 Å². The van der Waals surface area contributed by atoms with Crippen molar-refractivity contribution < 1.29 is 17.3 Å². The second-order valence-electron chi connectivity index (χ2n) is 3.47. The molecule has 2 aliphatic heterocycles. The Balaban J connectivity index is 2.34. The van der Waals surface area contributed by atoms with Crippen molar-refractivity contribution in [3.63, 3.8) is 0 Å². The molecule has 7 heteroatoms. The second kappa shape index (κ2) is 2.49. The smallest absolute Gasteiger partial charge is 0.292 e. The van der Waals surface area contributed by atoms with Crippen LogP contribution in [-0.4, -0.2) is 34.5 Å². The molecule has 2 N–H and O–H groups in total. The van der Waals surface area contributed by atoms with E-state index < -0.39 is 15.7 Å². The number of ether oxygens (including phenoxy) is 1. The Bertz CT molecular complexity index is 365. The molecule has 0 aromatic rings. The second-order valence-corrected chi connectivity index (χ2v) is 4.86. The van der Waals surface area contributed by atoms with Gasteiger partial charge < -0.3 is 10.5 Å². The lowest BCUT2D eigenvalue weighted by molar-refractivity contribution is 0.0883. The minimum atomic E-state index is -3.58. The van der Waals surface area contributed by atoms with Crippen LogP contribution in [-0.2, 0) is 19.0 Å². The highest BCUT2D eigenvalue weighted by Crippen LogP contribution is 2.37. The summed E-state index contributed by atoms with van der Waals surface area (Å²) in [6.07, 6.45) is 0.495. The summed E-state index contributed by atoms with van der Waals surface area (Å²) in [6, 6.07) is -0.0137. The molecule has 0 bridgehead atoms. The van der Waals surface area contributed by atoms with E-state index in [9.17, 15) is 8.42 Å². The van der Waals surface area contributed by atoms with Crippen LogP contribution in [0.3, 0.4) is 0 Å². The highest BCUT2D eigenvalue weighted by Gasteiger charge is 2.49. The lowest BCUT2D eigenvalue weighted by atomic mass is 9.89. The average Bonchev–Trinajstić information content (AvgIpc) is 2.39. The van der Waals surface area contributed by atoms with E-state index in [-0.39, 0.29) is 18.3 Å². The molecular formula is C6H10BNO4S. The van der Waals surface area contributed by atoms with Crippen LogP contribution in [0, 0.1) is 0 Å². The molecule has 1 spiro atoms. The van der Waals surface area contributed by atoms with Crippen LogP contribution < -0.4 is 5.73 Å². The summed E-state index contributed by atoms with van der Waals surface area (Å²) in [5.41, 5.74) is 4.92. The van der Waals surface area contributed by atoms with E-state index in [4.69, 9.17) is 14.7 Å². The lowest BCUT2D eigenvalue weighted by Crippen LogP contribution is -2.36. The van der Waals surface area contributed by atoms with E-state index in [1.165, 1.54) is 0 Å². The van der Waals surface area contributed by atoms with E-state index in [1.807, 2.05) is 7.85 Å². The van der Waals surface area contributed by atoms with E-state index in [1.54, 1.807) is 0 Å². The average molecular weight is 203 g/mol. The summed E-state index contributed by atoms with van der Waals surface area (Å²) in [6.45, 7) is 0.218. The van der Waals surface area contributed by atoms with Crippen molar-refractivity contribution in [1.82, 2.24) is 0 Å². The summed E-state index contributed by atoms with van der Waals surface area (Å²) in [7, 11) is -1.72. The topological polar surface area (TPSA) is 78.6 Å². The zero-order valence-electron chi connectivity index (χ0n) is 7.19. The minimum absolute atomic E-state index is 0.0137. The number of nitrogens with two attached hydrogens (primary N) is 1. The van der Waals surface area contributed by atoms with Crippen LogP contribution in [0.1, 0.15) is 6.42 Å². The maximum atomic E-state index is 11.1. The maximum absolute atomic E-state index is 11.1. The van der Waals surface area contributed by atoms with Gasteiger partial charge in [-0.15, -0.1) is 0 Å². The normalized spacial score (nSPS) is 42.5. The van der Waals surface area contributed by atoms with Crippen LogP contribution in [0.4, 0.5) is 0 Å². The highest BCUT2D eigenvalue weighted by atomic mass is 32.2. The lowest BCUT2D eigenvalue weighted by Gasteiger charge is -2.19. The van der Waals surface area contributed by atoms with Crippen molar-refractivity contribution in [3.8, 4) is 0 Å². The molecule has 2 rings (SSSR count). The Labute approximate surface area is 77.4 Å². The van der Waals surface area contributed by atoms with Gasteiger partial charge >= 0.3 is 0 Å². The zero-order valence-corrected chi connectivity index (χ0v) is 8.00.